The summed E-state index contributed by atoms with van der Waals surface area (Å²) in [6.07, 6.45) is 2.11. The van der Waals surface area contributed by atoms with Crippen LogP contribution in [0.3, 0.4) is 0 Å². The third-order valence-corrected chi connectivity index (χ3v) is 2.82. The Labute approximate surface area is 79.3 Å². The van der Waals surface area contributed by atoms with E-state index in [0.29, 0.717) is 5.92 Å². The lowest BCUT2D eigenvalue weighted by Crippen LogP contribution is -2.28. The van der Waals surface area contributed by atoms with Crippen molar-refractivity contribution in [3.8, 4) is 0 Å². The Kier molecular flexibility index (Phi) is 7.66. The van der Waals surface area contributed by atoms with Gasteiger partial charge < -0.3 is 5.32 Å². The minimum Gasteiger partial charge on any atom is -0.314 e. The summed E-state index contributed by atoms with van der Waals surface area (Å²) >= 11 is 7.88. The molecule has 0 aliphatic carbocycles. The van der Waals surface area contributed by atoms with Gasteiger partial charge in [0.1, 0.15) is 0 Å². The van der Waals surface area contributed by atoms with Gasteiger partial charge >= 0.3 is 0 Å². The molecule has 0 heterocycles. The van der Waals surface area contributed by atoms with Crippen molar-refractivity contribution in [1.82, 2.24) is 5.32 Å². The molecule has 0 aliphatic rings. The highest BCUT2D eigenvalue weighted by molar-refractivity contribution is 7.98. The van der Waals surface area contributed by atoms with Gasteiger partial charge in [-0.15, -0.1) is 11.6 Å². The van der Waals surface area contributed by atoms with Crippen molar-refractivity contribution in [2.75, 3.05) is 25.1 Å². The normalized spacial score (nSPS) is 13.9. The van der Waals surface area contributed by atoms with E-state index in [0.717, 1.165) is 13.1 Å². The van der Waals surface area contributed by atoms with Crippen molar-refractivity contribution in [2.24, 2.45) is 5.92 Å². The highest BCUT2D eigenvalue weighted by atomic mass is 35.5. The summed E-state index contributed by atoms with van der Waals surface area (Å²) in [6, 6.07) is 0. The topological polar surface area (TPSA) is 12.0 Å². The van der Waals surface area contributed by atoms with E-state index < -0.39 is 0 Å². The summed E-state index contributed by atoms with van der Waals surface area (Å²) < 4.78 is 0. The van der Waals surface area contributed by atoms with Crippen LogP contribution in [-0.4, -0.2) is 30.5 Å². The molecule has 0 aliphatic heterocycles. The van der Waals surface area contributed by atoms with Gasteiger partial charge in [-0.05, 0) is 12.2 Å². The molecule has 1 unspecified atom stereocenters. The molecule has 0 radical (unpaired) electrons. The third kappa shape index (κ3) is 6.98. The Balaban J connectivity index is 3.10. The van der Waals surface area contributed by atoms with Crippen LogP contribution < -0.4 is 5.32 Å². The largest absolute Gasteiger partial charge is 0.314 e. The molecule has 11 heavy (non-hydrogen) atoms. The molecule has 0 aromatic heterocycles. The van der Waals surface area contributed by atoms with E-state index in [4.69, 9.17) is 11.6 Å². The van der Waals surface area contributed by atoms with E-state index in [1.54, 1.807) is 0 Å². The third-order valence-electron chi connectivity index (χ3n) is 1.55. The maximum Gasteiger partial charge on any atom is 0.0483 e. The van der Waals surface area contributed by atoms with Gasteiger partial charge in [-0.1, -0.05) is 13.8 Å². The SMILES string of the molecule is CSCCNCC(Cl)C(C)C. The molecule has 0 fully saturated rings. The van der Waals surface area contributed by atoms with Gasteiger partial charge in [0.25, 0.3) is 0 Å². The highest BCUT2D eigenvalue weighted by Gasteiger charge is 2.07. The smallest absolute Gasteiger partial charge is 0.0483 e. The minimum absolute atomic E-state index is 0.275. The second-order valence-electron chi connectivity index (χ2n) is 2.96. The lowest BCUT2D eigenvalue weighted by molar-refractivity contribution is 0.556. The fraction of sp³-hybridized carbons (Fsp3) is 1.00. The lowest BCUT2D eigenvalue weighted by atomic mass is 10.1. The molecule has 1 N–H and O–H groups in total. The van der Waals surface area contributed by atoms with Crippen LogP contribution in [0.1, 0.15) is 13.8 Å². The number of hydrogen-bond acceptors (Lipinski definition) is 2. The summed E-state index contributed by atoms with van der Waals surface area (Å²) in [5.74, 6) is 1.74. The van der Waals surface area contributed by atoms with Crippen LogP contribution in [-0.2, 0) is 0 Å². The predicted molar refractivity (Wildman–Crippen MR) is 55.7 cm³/mol. The number of hydrogen-bond donors (Lipinski definition) is 1. The molecular formula is C8H18ClNS. The minimum atomic E-state index is 0.275. The van der Waals surface area contributed by atoms with E-state index >= 15 is 0 Å². The molecule has 0 saturated carbocycles. The van der Waals surface area contributed by atoms with Crippen molar-refractivity contribution in [3.63, 3.8) is 0 Å². The zero-order chi connectivity index (χ0) is 8.69. The van der Waals surface area contributed by atoms with Gasteiger partial charge in [0.05, 0.1) is 0 Å². The van der Waals surface area contributed by atoms with E-state index in [2.05, 4.69) is 25.4 Å². The van der Waals surface area contributed by atoms with E-state index in [1.807, 2.05) is 11.8 Å². The number of alkyl halides is 1. The molecule has 0 bridgehead atoms. The van der Waals surface area contributed by atoms with Crippen molar-refractivity contribution in [1.29, 1.82) is 0 Å². The van der Waals surface area contributed by atoms with Gasteiger partial charge in [-0.2, -0.15) is 11.8 Å². The highest BCUT2D eigenvalue weighted by Crippen LogP contribution is 2.07. The Hall–Kier alpha value is 0.600. The average molecular weight is 196 g/mol. The summed E-state index contributed by atoms with van der Waals surface area (Å²) in [4.78, 5) is 0. The summed E-state index contributed by atoms with van der Waals surface area (Å²) in [7, 11) is 0. The Morgan fingerprint density at radius 2 is 2.09 bits per heavy atom. The lowest BCUT2D eigenvalue weighted by Gasteiger charge is -2.13. The summed E-state index contributed by atoms with van der Waals surface area (Å²) in [5, 5.41) is 3.59. The first-order valence-electron chi connectivity index (χ1n) is 4.02. The molecule has 3 heteroatoms. The summed E-state index contributed by atoms with van der Waals surface area (Å²) in [6.45, 7) is 6.29. The van der Waals surface area contributed by atoms with Gasteiger partial charge in [-0.25, -0.2) is 0 Å². The van der Waals surface area contributed by atoms with Crippen LogP contribution in [0.4, 0.5) is 0 Å². The number of nitrogens with one attached hydrogen (secondary N) is 1. The molecule has 0 rings (SSSR count). The zero-order valence-corrected chi connectivity index (χ0v) is 9.13. The monoisotopic (exact) mass is 195 g/mol. The molecular weight excluding hydrogens is 178 g/mol. The molecule has 0 saturated heterocycles. The molecule has 0 aromatic rings. The quantitative estimate of drug-likeness (QED) is 0.515. The number of thioether (sulfide) groups is 1. The Morgan fingerprint density at radius 3 is 2.55 bits per heavy atom. The maximum absolute atomic E-state index is 6.03. The fourth-order valence-corrected chi connectivity index (χ4v) is 1.11. The van der Waals surface area contributed by atoms with Crippen molar-refractivity contribution in [3.05, 3.63) is 0 Å². The van der Waals surface area contributed by atoms with Gasteiger partial charge in [0.2, 0.25) is 0 Å². The van der Waals surface area contributed by atoms with Crippen LogP contribution >= 0.6 is 23.4 Å². The number of rotatable bonds is 6. The van der Waals surface area contributed by atoms with Crippen LogP contribution in [0, 0.1) is 5.92 Å². The van der Waals surface area contributed by atoms with E-state index in [1.165, 1.54) is 5.75 Å². The second kappa shape index (κ2) is 7.26. The zero-order valence-electron chi connectivity index (χ0n) is 7.56. The first kappa shape index (κ1) is 11.6. The van der Waals surface area contributed by atoms with Crippen LogP contribution in [0.15, 0.2) is 0 Å². The maximum atomic E-state index is 6.03. The molecule has 0 spiro atoms. The number of halogens is 1. The van der Waals surface area contributed by atoms with Crippen molar-refractivity contribution < 1.29 is 0 Å². The Bertz CT molecular complexity index is 88.2. The van der Waals surface area contributed by atoms with Crippen molar-refractivity contribution >= 4 is 23.4 Å². The molecule has 0 aromatic carbocycles. The van der Waals surface area contributed by atoms with E-state index in [9.17, 15) is 0 Å². The van der Waals surface area contributed by atoms with E-state index in [-0.39, 0.29) is 5.38 Å². The van der Waals surface area contributed by atoms with Gasteiger partial charge in [-0.3, -0.25) is 0 Å². The Morgan fingerprint density at radius 1 is 1.45 bits per heavy atom. The molecule has 68 valence electrons. The fourth-order valence-electron chi connectivity index (χ4n) is 0.650. The second-order valence-corrected chi connectivity index (χ2v) is 4.50. The van der Waals surface area contributed by atoms with Crippen LogP contribution in [0.5, 0.6) is 0 Å². The van der Waals surface area contributed by atoms with Crippen LogP contribution in [0.2, 0.25) is 0 Å². The molecule has 1 nitrogen and oxygen atoms in total. The van der Waals surface area contributed by atoms with Crippen molar-refractivity contribution in [2.45, 2.75) is 19.2 Å². The first-order chi connectivity index (χ1) is 5.18. The first-order valence-corrected chi connectivity index (χ1v) is 5.85. The van der Waals surface area contributed by atoms with Gasteiger partial charge in [0, 0.05) is 24.2 Å². The predicted octanol–water partition coefficient (Wildman–Crippen LogP) is 2.20. The van der Waals surface area contributed by atoms with Gasteiger partial charge in [0.15, 0.2) is 0 Å². The van der Waals surface area contributed by atoms with Crippen LogP contribution in [0.25, 0.3) is 0 Å². The summed E-state index contributed by atoms with van der Waals surface area (Å²) in [5.41, 5.74) is 0. The molecule has 1 atom stereocenters. The average Bonchev–Trinajstić information content (AvgIpc) is 1.97. The standard InChI is InChI=1S/C8H18ClNS/c1-7(2)8(9)6-10-4-5-11-3/h7-8,10H,4-6H2,1-3H3. The molecule has 0 amide bonds.